The van der Waals surface area contributed by atoms with Crippen molar-refractivity contribution in [1.29, 1.82) is 0 Å². The van der Waals surface area contributed by atoms with Crippen molar-refractivity contribution < 1.29 is 14.6 Å². The quantitative estimate of drug-likeness (QED) is 0.543. The molecule has 3 aromatic rings. The highest BCUT2D eigenvalue weighted by molar-refractivity contribution is 5.88. The van der Waals surface area contributed by atoms with Gasteiger partial charge in [0.05, 0.1) is 17.0 Å². The Morgan fingerprint density at radius 2 is 2.08 bits per heavy atom. The summed E-state index contributed by atoms with van der Waals surface area (Å²) < 4.78 is 5.61. The zero-order valence-corrected chi connectivity index (χ0v) is 13.5. The molecule has 0 radical (unpaired) electrons. The van der Waals surface area contributed by atoms with Gasteiger partial charge in [0.25, 0.3) is 0 Å². The zero-order chi connectivity index (χ0) is 17.4. The molecule has 0 amide bonds. The van der Waals surface area contributed by atoms with Gasteiger partial charge in [-0.15, -0.1) is 0 Å². The Labute approximate surface area is 144 Å². The van der Waals surface area contributed by atoms with E-state index in [1.807, 2.05) is 18.2 Å². The standard InChI is InChI=1S/C20H16N2O3/c1-2-9-25-15-7-8-16-14(10-15)11-17-18(21-22-19(16)17)12-3-5-13(6-4-12)20(23)24/h2-8,10H,1,9,11H2,(H,21,22)(H,23,24). The molecule has 0 aliphatic heterocycles. The predicted molar refractivity (Wildman–Crippen MR) is 94.9 cm³/mol. The van der Waals surface area contributed by atoms with Crippen LogP contribution in [0.1, 0.15) is 21.5 Å². The fourth-order valence-corrected chi connectivity index (χ4v) is 3.17. The molecule has 1 aliphatic carbocycles. The number of carboxylic acid groups (broad SMARTS) is 1. The van der Waals surface area contributed by atoms with E-state index >= 15 is 0 Å². The van der Waals surface area contributed by atoms with Crippen LogP contribution in [0.4, 0.5) is 0 Å². The Balaban J connectivity index is 1.67. The van der Waals surface area contributed by atoms with E-state index < -0.39 is 5.97 Å². The second kappa shape index (κ2) is 5.94. The number of carbonyl (C=O) groups is 1. The van der Waals surface area contributed by atoms with Crippen LogP contribution in [-0.4, -0.2) is 27.9 Å². The van der Waals surface area contributed by atoms with E-state index in [9.17, 15) is 4.79 Å². The number of hydrogen-bond donors (Lipinski definition) is 2. The van der Waals surface area contributed by atoms with Crippen LogP contribution in [0, 0.1) is 0 Å². The lowest BCUT2D eigenvalue weighted by Gasteiger charge is -2.06. The molecule has 2 aromatic carbocycles. The number of nitrogens with zero attached hydrogens (tertiary/aromatic N) is 1. The number of nitrogens with one attached hydrogen (secondary N) is 1. The van der Waals surface area contributed by atoms with Gasteiger partial charge in [0.1, 0.15) is 12.4 Å². The van der Waals surface area contributed by atoms with E-state index in [1.165, 1.54) is 5.56 Å². The number of aromatic nitrogens is 2. The van der Waals surface area contributed by atoms with E-state index in [4.69, 9.17) is 9.84 Å². The van der Waals surface area contributed by atoms with Gasteiger partial charge in [0, 0.05) is 23.1 Å². The van der Waals surface area contributed by atoms with Crippen molar-refractivity contribution >= 4 is 5.97 Å². The maximum absolute atomic E-state index is 11.0. The summed E-state index contributed by atoms with van der Waals surface area (Å²) in [6.07, 6.45) is 2.49. The van der Waals surface area contributed by atoms with Crippen LogP contribution in [0.15, 0.2) is 55.1 Å². The summed E-state index contributed by atoms with van der Waals surface area (Å²) in [7, 11) is 0. The Morgan fingerprint density at radius 1 is 1.28 bits per heavy atom. The lowest BCUT2D eigenvalue weighted by atomic mass is 10.0. The third kappa shape index (κ3) is 2.59. The minimum Gasteiger partial charge on any atom is -0.490 e. The smallest absolute Gasteiger partial charge is 0.335 e. The van der Waals surface area contributed by atoms with Crippen LogP contribution in [0.25, 0.3) is 22.5 Å². The Kier molecular flexibility index (Phi) is 3.61. The van der Waals surface area contributed by atoms with Gasteiger partial charge >= 0.3 is 5.97 Å². The molecule has 4 rings (SSSR count). The van der Waals surface area contributed by atoms with Gasteiger partial charge in [0.15, 0.2) is 0 Å². The topological polar surface area (TPSA) is 75.2 Å². The molecule has 0 spiro atoms. The number of rotatable bonds is 5. The summed E-state index contributed by atoms with van der Waals surface area (Å²) in [4.78, 5) is 11.0. The largest absolute Gasteiger partial charge is 0.490 e. The average molecular weight is 332 g/mol. The number of fused-ring (bicyclic) bond motifs is 3. The fraction of sp³-hybridized carbons (Fsp3) is 0.100. The van der Waals surface area contributed by atoms with Crippen LogP contribution in [0.3, 0.4) is 0 Å². The van der Waals surface area contributed by atoms with Gasteiger partial charge in [-0.25, -0.2) is 4.79 Å². The van der Waals surface area contributed by atoms with E-state index in [0.717, 1.165) is 40.2 Å². The molecular weight excluding hydrogens is 316 g/mol. The summed E-state index contributed by atoms with van der Waals surface area (Å²) in [6, 6.07) is 12.8. The predicted octanol–water partition coefficient (Wildman–Crippen LogP) is 3.91. The number of carboxylic acids is 1. The SMILES string of the molecule is C=CCOc1ccc2c(c1)Cc1c(-c3ccc(C(=O)O)cc3)n[nH]c1-2. The van der Waals surface area contributed by atoms with Crippen molar-refractivity contribution in [2.75, 3.05) is 6.61 Å². The Morgan fingerprint density at radius 3 is 2.80 bits per heavy atom. The van der Waals surface area contributed by atoms with Crippen molar-refractivity contribution in [1.82, 2.24) is 10.2 Å². The Hall–Kier alpha value is -3.34. The third-order valence-electron chi connectivity index (χ3n) is 4.35. The first kappa shape index (κ1) is 15.2. The highest BCUT2D eigenvalue weighted by atomic mass is 16.5. The third-order valence-corrected chi connectivity index (χ3v) is 4.35. The van der Waals surface area contributed by atoms with Gasteiger partial charge in [-0.05, 0) is 35.9 Å². The summed E-state index contributed by atoms with van der Waals surface area (Å²) in [5.41, 5.74) is 6.48. The molecule has 5 nitrogen and oxygen atoms in total. The van der Waals surface area contributed by atoms with Gasteiger partial charge in [0.2, 0.25) is 0 Å². The Bertz CT molecular complexity index is 971. The maximum Gasteiger partial charge on any atom is 0.335 e. The maximum atomic E-state index is 11.0. The van der Waals surface area contributed by atoms with Crippen LogP contribution in [0.5, 0.6) is 5.75 Å². The second-order valence-corrected chi connectivity index (χ2v) is 5.90. The van der Waals surface area contributed by atoms with Crippen molar-refractivity contribution in [3.05, 3.63) is 71.8 Å². The van der Waals surface area contributed by atoms with Crippen molar-refractivity contribution in [2.45, 2.75) is 6.42 Å². The molecule has 2 N–H and O–H groups in total. The monoisotopic (exact) mass is 332 g/mol. The molecule has 0 fully saturated rings. The van der Waals surface area contributed by atoms with Crippen LogP contribution in [-0.2, 0) is 6.42 Å². The number of H-pyrrole nitrogens is 1. The average Bonchev–Trinajstić information content (AvgIpc) is 3.18. The summed E-state index contributed by atoms with van der Waals surface area (Å²) in [6.45, 7) is 4.14. The number of aromatic amines is 1. The van der Waals surface area contributed by atoms with Crippen LogP contribution < -0.4 is 4.74 Å². The van der Waals surface area contributed by atoms with E-state index in [2.05, 4.69) is 16.8 Å². The van der Waals surface area contributed by atoms with Gasteiger partial charge in [-0.3, -0.25) is 5.10 Å². The fourth-order valence-electron chi connectivity index (χ4n) is 3.17. The lowest BCUT2D eigenvalue weighted by Crippen LogP contribution is -1.95. The van der Waals surface area contributed by atoms with Gasteiger partial charge in [-0.1, -0.05) is 24.8 Å². The zero-order valence-electron chi connectivity index (χ0n) is 13.5. The summed E-state index contributed by atoms with van der Waals surface area (Å²) >= 11 is 0. The van der Waals surface area contributed by atoms with E-state index in [1.54, 1.807) is 30.3 Å². The first-order valence-electron chi connectivity index (χ1n) is 7.95. The van der Waals surface area contributed by atoms with E-state index in [-0.39, 0.29) is 5.56 Å². The number of benzene rings is 2. The normalized spacial score (nSPS) is 11.7. The highest BCUT2D eigenvalue weighted by Gasteiger charge is 2.25. The molecule has 1 aliphatic rings. The number of ether oxygens (including phenoxy) is 1. The first-order chi connectivity index (χ1) is 12.2. The molecule has 0 bridgehead atoms. The number of hydrogen-bond acceptors (Lipinski definition) is 3. The van der Waals surface area contributed by atoms with Crippen LogP contribution in [0.2, 0.25) is 0 Å². The van der Waals surface area contributed by atoms with E-state index in [0.29, 0.717) is 6.61 Å². The van der Waals surface area contributed by atoms with Crippen molar-refractivity contribution in [3.63, 3.8) is 0 Å². The molecule has 25 heavy (non-hydrogen) atoms. The molecule has 1 aromatic heterocycles. The molecule has 0 saturated heterocycles. The highest BCUT2D eigenvalue weighted by Crippen LogP contribution is 2.41. The molecule has 124 valence electrons. The molecular formula is C20H16N2O3. The molecule has 0 atom stereocenters. The minimum absolute atomic E-state index is 0.267. The molecule has 1 heterocycles. The minimum atomic E-state index is -0.932. The van der Waals surface area contributed by atoms with Crippen LogP contribution >= 0.6 is 0 Å². The molecule has 5 heteroatoms. The van der Waals surface area contributed by atoms with Gasteiger partial charge < -0.3 is 9.84 Å². The molecule has 0 saturated carbocycles. The lowest BCUT2D eigenvalue weighted by molar-refractivity contribution is 0.0697. The van der Waals surface area contributed by atoms with Gasteiger partial charge in [-0.2, -0.15) is 5.10 Å². The molecule has 0 unspecified atom stereocenters. The summed E-state index contributed by atoms with van der Waals surface area (Å²) in [5, 5.41) is 16.6. The number of aromatic carboxylic acids is 1. The second-order valence-electron chi connectivity index (χ2n) is 5.90. The first-order valence-corrected chi connectivity index (χ1v) is 7.95. The summed E-state index contributed by atoms with van der Waals surface area (Å²) in [5.74, 6) is -0.109. The van der Waals surface area contributed by atoms with Crippen molar-refractivity contribution in [3.8, 4) is 28.3 Å². The van der Waals surface area contributed by atoms with Crippen molar-refractivity contribution in [2.24, 2.45) is 0 Å².